The first kappa shape index (κ1) is 34.9. The minimum absolute atomic E-state index is 0. The Morgan fingerprint density at radius 1 is 0.778 bits per heavy atom. The molecular formula is C34H38FeN4O4S2. The summed E-state index contributed by atoms with van der Waals surface area (Å²) in [4.78, 5) is 38.2. The van der Waals surface area contributed by atoms with Crippen LogP contribution in [0.25, 0.3) is 29.6 Å². The average Bonchev–Trinajstić information content (AvgIpc) is 3.59. The number of rotatable bonds is 8. The molecule has 45 heavy (non-hydrogen) atoms. The van der Waals surface area contributed by atoms with E-state index in [0.717, 1.165) is 60.7 Å². The summed E-state index contributed by atoms with van der Waals surface area (Å²) in [5.74, 6) is -1.69. The van der Waals surface area contributed by atoms with E-state index in [1.165, 1.54) is 0 Å². The van der Waals surface area contributed by atoms with Crippen molar-refractivity contribution < 1.29 is 36.9 Å². The van der Waals surface area contributed by atoms with Gasteiger partial charge >= 0.3 is 29.0 Å². The molecule has 2 N–H and O–H groups in total. The number of fused-ring (bicyclic) bond motifs is 8. The maximum atomic E-state index is 11.6. The molecule has 8 bridgehead atoms. The Morgan fingerprint density at radius 3 is 1.96 bits per heavy atom. The number of carboxylic acid groups (broad SMARTS) is 2. The summed E-state index contributed by atoms with van der Waals surface area (Å²) >= 11 is 9.63. The first-order valence-corrected chi connectivity index (χ1v) is 15.9. The quantitative estimate of drug-likeness (QED) is 0.212. The van der Waals surface area contributed by atoms with Gasteiger partial charge in [0.25, 0.3) is 0 Å². The number of aromatic nitrogens is 3. The van der Waals surface area contributed by atoms with Gasteiger partial charge in [-0.15, -0.1) is 44.6 Å². The molecular weight excluding hydrogens is 648 g/mol. The molecule has 4 atom stereocenters. The van der Waals surface area contributed by atoms with Crippen LogP contribution in [0.3, 0.4) is 0 Å². The van der Waals surface area contributed by atoms with Crippen molar-refractivity contribution in [3.8, 4) is 0 Å². The second kappa shape index (κ2) is 13.8. The van der Waals surface area contributed by atoms with Crippen molar-refractivity contribution in [2.45, 2.75) is 83.8 Å². The molecule has 0 aromatic carbocycles. The molecule has 0 saturated carbocycles. The number of allylic oxidation sites excluding steroid dienone is 1. The van der Waals surface area contributed by atoms with E-state index in [4.69, 9.17) is 45.5 Å². The fourth-order valence-electron chi connectivity index (χ4n) is 6.48. The zero-order valence-corrected chi connectivity index (χ0v) is 29.1. The maximum absolute atomic E-state index is 11.6. The molecule has 11 heteroatoms. The minimum Gasteiger partial charge on any atom is -0.678 e. The topological polar surface area (TPSA) is 131 Å². The van der Waals surface area contributed by atoms with Gasteiger partial charge in [0.1, 0.15) is 0 Å². The van der Waals surface area contributed by atoms with E-state index >= 15 is 0 Å². The fraction of sp³-hybridized carbons (Fsp3) is 0.412. The molecule has 0 radical (unpaired) electrons. The molecule has 8 nitrogen and oxygen atoms in total. The number of nitrogens with zero attached hydrogens (tertiary/aromatic N) is 4. The molecule has 0 saturated heterocycles. The SMILES string of the molecule is Cc1c2[n-]c(c1CCC(=O)O)/C=c1\[n-]/c(c(C)c1CCC(=O)O)=C\C1=C([C@@H](C)S)[C@H](C)[C@@H](/C=c3\[n-]/c(c(C)c3[C@H](C)S)=C\2)[N-]1.[Fe+4]. The smallest absolute Gasteiger partial charge is 0.678 e. The van der Waals surface area contributed by atoms with Crippen LogP contribution in [-0.4, -0.2) is 33.4 Å². The van der Waals surface area contributed by atoms with E-state index in [2.05, 4.69) is 13.0 Å². The van der Waals surface area contributed by atoms with Crippen molar-refractivity contribution in [2.24, 2.45) is 5.92 Å². The van der Waals surface area contributed by atoms with Crippen molar-refractivity contribution >= 4 is 61.5 Å². The third kappa shape index (κ3) is 6.92. The summed E-state index contributed by atoms with van der Waals surface area (Å²) in [6.07, 6.45) is 8.47. The Hall–Kier alpha value is -2.98. The molecule has 238 valence electrons. The molecule has 2 aliphatic heterocycles. The molecule has 2 aliphatic rings. The predicted octanol–water partition coefficient (Wildman–Crippen LogP) is 2.70. The standard InChI is InChI=1S/C34H38N4O4S2.Fe/c1-15-21(7-9-31(39)40)27-14-28-22(8-10-32(41)42)16(2)24(36-28)12-29-34(20(6)44)18(4)26(38-29)13-30-33(19(5)43)17(3)25(37-30)11-23(15)35-27;/h11-14,18-20,26,43-44H,7-10H2,1-6H3,(H,39,40)(H,41,42);/q-4;+4/b24-12-,25-11-,28-14-,30-13-;/t18-,19+,20-,26-;/m1./s1. The Bertz CT molecular complexity index is 1930. The Balaban J connectivity index is 0.00000461. The number of hydrogen-bond donors (Lipinski definition) is 4. The van der Waals surface area contributed by atoms with E-state index in [1.807, 2.05) is 52.8 Å². The van der Waals surface area contributed by atoms with Crippen molar-refractivity contribution in [1.82, 2.24) is 15.0 Å². The molecule has 3 aromatic heterocycles. The van der Waals surface area contributed by atoms with Crippen molar-refractivity contribution in [3.63, 3.8) is 0 Å². The Morgan fingerprint density at radius 2 is 1.36 bits per heavy atom. The molecule has 0 aliphatic carbocycles. The van der Waals surface area contributed by atoms with Gasteiger partial charge in [-0.3, -0.25) is 9.59 Å². The summed E-state index contributed by atoms with van der Waals surface area (Å²) < 4.78 is 0. The number of hydrogen-bond acceptors (Lipinski definition) is 4. The molecule has 0 amide bonds. The van der Waals surface area contributed by atoms with Crippen molar-refractivity contribution in [3.05, 3.63) is 82.8 Å². The fourth-order valence-corrected chi connectivity index (χ4v) is 7.17. The van der Waals surface area contributed by atoms with Crippen molar-refractivity contribution in [2.75, 3.05) is 0 Å². The van der Waals surface area contributed by atoms with E-state index in [-0.39, 0.29) is 52.4 Å². The van der Waals surface area contributed by atoms with Gasteiger partial charge in [0.05, 0.1) is 0 Å². The van der Waals surface area contributed by atoms with Crippen LogP contribution in [0.2, 0.25) is 0 Å². The second-order valence-corrected chi connectivity index (χ2v) is 13.4. The van der Waals surface area contributed by atoms with E-state index in [0.29, 0.717) is 29.6 Å². The van der Waals surface area contributed by atoms with Gasteiger partial charge in [-0.2, -0.15) is 25.3 Å². The van der Waals surface area contributed by atoms with Crippen LogP contribution in [0.15, 0.2) is 11.3 Å². The van der Waals surface area contributed by atoms with Crippen LogP contribution in [0, 0.1) is 26.7 Å². The summed E-state index contributed by atoms with van der Waals surface area (Å²) in [7, 11) is 0. The molecule has 0 unspecified atom stereocenters. The number of carboxylic acids is 2. The van der Waals surface area contributed by atoms with Crippen LogP contribution in [0.4, 0.5) is 0 Å². The average molecular weight is 687 g/mol. The molecule has 0 spiro atoms. The predicted molar refractivity (Wildman–Crippen MR) is 179 cm³/mol. The van der Waals surface area contributed by atoms with Gasteiger partial charge < -0.3 is 30.5 Å². The van der Waals surface area contributed by atoms with Crippen LogP contribution < -0.4 is 36.3 Å². The monoisotopic (exact) mass is 686 g/mol. The Labute approximate surface area is 284 Å². The summed E-state index contributed by atoms with van der Waals surface area (Å²) in [6.45, 7) is 12.2. The number of aliphatic carboxylic acids is 2. The largest absolute Gasteiger partial charge is 4.00 e. The molecule has 3 aromatic rings. The van der Waals surface area contributed by atoms with Gasteiger partial charge in [0.15, 0.2) is 0 Å². The zero-order chi connectivity index (χ0) is 32.0. The summed E-state index contributed by atoms with van der Waals surface area (Å²) in [6, 6.07) is -0.160. The van der Waals surface area contributed by atoms with E-state index in [9.17, 15) is 19.8 Å². The first-order valence-electron chi connectivity index (χ1n) is 14.9. The normalized spacial score (nSPS) is 21.5. The Kier molecular flexibility index (Phi) is 10.7. The zero-order valence-electron chi connectivity index (χ0n) is 26.2. The van der Waals surface area contributed by atoms with Crippen LogP contribution in [0.1, 0.15) is 83.6 Å². The second-order valence-electron chi connectivity index (χ2n) is 11.9. The molecule has 0 fully saturated rings. The summed E-state index contributed by atoms with van der Waals surface area (Å²) in [5.41, 5.74) is 8.79. The van der Waals surface area contributed by atoms with Crippen LogP contribution in [0.5, 0.6) is 0 Å². The summed E-state index contributed by atoms with van der Waals surface area (Å²) in [5, 5.41) is 27.0. The van der Waals surface area contributed by atoms with Gasteiger partial charge in [-0.05, 0) is 58.9 Å². The van der Waals surface area contributed by atoms with Crippen LogP contribution in [-0.2, 0) is 39.5 Å². The van der Waals surface area contributed by atoms with Gasteiger partial charge in [0, 0.05) is 23.3 Å². The van der Waals surface area contributed by atoms with Crippen LogP contribution >= 0.6 is 25.3 Å². The van der Waals surface area contributed by atoms with Gasteiger partial charge in [0.2, 0.25) is 0 Å². The minimum atomic E-state index is -0.890. The van der Waals surface area contributed by atoms with E-state index in [1.54, 1.807) is 0 Å². The third-order valence-corrected chi connectivity index (χ3v) is 9.40. The maximum Gasteiger partial charge on any atom is 4.00 e. The number of carbonyl (C=O) groups is 2. The van der Waals surface area contributed by atoms with Gasteiger partial charge in [-0.1, -0.05) is 64.6 Å². The number of thiol groups is 2. The molecule has 5 rings (SSSR count). The first-order chi connectivity index (χ1) is 20.8. The molecule has 5 heterocycles. The van der Waals surface area contributed by atoms with Crippen molar-refractivity contribution in [1.29, 1.82) is 0 Å². The van der Waals surface area contributed by atoms with Gasteiger partial charge in [-0.25, -0.2) is 0 Å². The third-order valence-electron chi connectivity index (χ3n) is 8.86. The van der Waals surface area contributed by atoms with E-state index < -0.39 is 11.9 Å².